The quantitative estimate of drug-likeness (QED) is 0.858. The number of piperidine rings is 1. The fraction of sp³-hybridized carbons (Fsp3) is 0.538. The Balaban J connectivity index is 1.63. The zero-order chi connectivity index (χ0) is 13.9. The standard InChI is InChI=1S/C13H18N6S/c1-10-7-12(15-8-14-10)18(2)11-3-5-19(6-4-11)13-17-16-9-20-13/h7-9,11H,3-6H2,1-2H3. The smallest absolute Gasteiger partial charge is 0.208 e. The highest BCUT2D eigenvalue weighted by molar-refractivity contribution is 7.13. The predicted molar refractivity (Wildman–Crippen MR) is 80.3 cm³/mol. The first-order valence-corrected chi connectivity index (χ1v) is 7.64. The summed E-state index contributed by atoms with van der Waals surface area (Å²) >= 11 is 1.61. The Morgan fingerprint density at radius 3 is 2.75 bits per heavy atom. The number of anilines is 2. The lowest BCUT2D eigenvalue weighted by atomic mass is 10.0. The van der Waals surface area contributed by atoms with Gasteiger partial charge in [0, 0.05) is 37.9 Å². The van der Waals surface area contributed by atoms with Gasteiger partial charge in [-0.25, -0.2) is 9.97 Å². The molecular weight excluding hydrogens is 272 g/mol. The van der Waals surface area contributed by atoms with Crippen molar-refractivity contribution < 1.29 is 0 Å². The minimum absolute atomic E-state index is 0.522. The second-order valence-electron chi connectivity index (χ2n) is 5.07. The van der Waals surface area contributed by atoms with E-state index in [9.17, 15) is 0 Å². The SMILES string of the molecule is Cc1cc(N(C)C2CCN(c3nncs3)CC2)ncn1. The summed E-state index contributed by atoms with van der Waals surface area (Å²) in [5, 5.41) is 9.08. The van der Waals surface area contributed by atoms with Gasteiger partial charge in [-0.1, -0.05) is 11.3 Å². The highest BCUT2D eigenvalue weighted by Crippen LogP contribution is 2.24. The molecule has 1 saturated heterocycles. The molecule has 20 heavy (non-hydrogen) atoms. The van der Waals surface area contributed by atoms with Gasteiger partial charge in [0.15, 0.2) is 0 Å². The Labute approximate surface area is 122 Å². The molecule has 0 aromatic carbocycles. The molecule has 1 fully saturated rings. The molecule has 0 radical (unpaired) electrons. The first-order chi connectivity index (χ1) is 9.74. The normalized spacial score (nSPS) is 16.4. The molecule has 3 rings (SSSR count). The van der Waals surface area contributed by atoms with Crippen molar-refractivity contribution in [2.75, 3.05) is 29.9 Å². The lowest BCUT2D eigenvalue weighted by Crippen LogP contribution is -2.43. The Morgan fingerprint density at radius 2 is 2.10 bits per heavy atom. The van der Waals surface area contributed by atoms with Gasteiger partial charge in [-0.05, 0) is 19.8 Å². The Bertz CT molecular complexity index is 550. The van der Waals surface area contributed by atoms with Crippen LogP contribution >= 0.6 is 11.3 Å². The molecule has 0 bridgehead atoms. The summed E-state index contributed by atoms with van der Waals surface area (Å²) in [6, 6.07) is 2.56. The number of aryl methyl sites for hydroxylation is 1. The second kappa shape index (κ2) is 5.70. The highest BCUT2D eigenvalue weighted by Gasteiger charge is 2.24. The monoisotopic (exact) mass is 290 g/mol. The van der Waals surface area contributed by atoms with Crippen LogP contribution < -0.4 is 9.80 Å². The molecular formula is C13H18N6S. The first kappa shape index (κ1) is 13.2. The summed E-state index contributed by atoms with van der Waals surface area (Å²) < 4.78 is 0. The maximum atomic E-state index is 4.36. The lowest BCUT2D eigenvalue weighted by Gasteiger charge is -2.37. The van der Waals surface area contributed by atoms with Gasteiger partial charge < -0.3 is 9.80 Å². The summed E-state index contributed by atoms with van der Waals surface area (Å²) in [7, 11) is 2.12. The van der Waals surface area contributed by atoms with E-state index in [4.69, 9.17) is 0 Å². The third-order valence-electron chi connectivity index (χ3n) is 3.78. The van der Waals surface area contributed by atoms with E-state index in [2.05, 4.69) is 37.0 Å². The van der Waals surface area contributed by atoms with Gasteiger partial charge in [0.25, 0.3) is 0 Å². The zero-order valence-corrected chi connectivity index (χ0v) is 12.5. The van der Waals surface area contributed by atoms with Crippen LogP contribution in [0.15, 0.2) is 17.9 Å². The van der Waals surface area contributed by atoms with Crippen molar-refractivity contribution in [2.24, 2.45) is 0 Å². The van der Waals surface area contributed by atoms with Crippen molar-refractivity contribution in [3.8, 4) is 0 Å². The Hall–Kier alpha value is -1.76. The molecule has 3 heterocycles. The van der Waals surface area contributed by atoms with Crippen molar-refractivity contribution in [3.63, 3.8) is 0 Å². The van der Waals surface area contributed by atoms with Crippen LogP contribution in [-0.4, -0.2) is 46.3 Å². The first-order valence-electron chi connectivity index (χ1n) is 6.76. The number of aromatic nitrogens is 4. The minimum atomic E-state index is 0.522. The average molecular weight is 290 g/mol. The van der Waals surface area contributed by atoms with Crippen LogP contribution in [0, 0.1) is 6.92 Å². The van der Waals surface area contributed by atoms with Crippen LogP contribution in [0.2, 0.25) is 0 Å². The molecule has 6 nitrogen and oxygen atoms in total. The third-order valence-corrected chi connectivity index (χ3v) is 4.53. The van der Waals surface area contributed by atoms with Crippen molar-refractivity contribution in [1.29, 1.82) is 0 Å². The zero-order valence-electron chi connectivity index (χ0n) is 11.7. The molecule has 0 amide bonds. The summed E-state index contributed by atoms with van der Waals surface area (Å²) in [5.74, 6) is 1.01. The summed E-state index contributed by atoms with van der Waals surface area (Å²) in [6.45, 7) is 4.04. The van der Waals surface area contributed by atoms with E-state index in [0.29, 0.717) is 6.04 Å². The minimum Gasteiger partial charge on any atom is -0.356 e. The molecule has 0 N–H and O–H groups in total. The molecule has 1 aliphatic rings. The summed E-state index contributed by atoms with van der Waals surface area (Å²) in [6.07, 6.45) is 3.86. The molecule has 106 valence electrons. The van der Waals surface area contributed by atoms with E-state index < -0.39 is 0 Å². The van der Waals surface area contributed by atoms with E-state index in [1.165, 1.54) is 0 Å². The molecule has 2 aromatic heterocycles. The lowest BCUT2D eigenvalue weighted by molar-refractivity contribution is 0.479. The molecule has 0 atom stereocenters. The maximum absolute atomic E-state index is 4.36. The average Bonchev–Trinajstić information content (AvgIpc) is 3.01. The van der Waals surface area contributed by atoms with Gasteiger partial charge in [0.05, 0.1) is 0 Å². The number of nitrogens with zero attached hydrogens (tertiary/aromatic N) is 6. The Kier molecular flexibility index (Phi) is 3.77. The number of rotatable bonds is 3. The molecule has 0 saturated carbocycles. The highest BCUT2D eigenvalue weighted by atomic mass is 32.1. The van der Waals surface area contributed by atoms with Crippen molar-refractivity contribution in [2.45, 2.75) is 25.8 Å². The molecule has 0 unspecified atom stereocenters. The Morgan fingerprint density at radius 1 is 1.30 bits per heavy atom. The molecule has 1 aliphatic heterocycles. The van der Waals surface area contributed by atoms with Crippen LogP contribution in [0.1, 0.15) is 18.5 Å². The molecule has 0 spiro atoms. The largest absolute Gasteiger partial charge is 0.356 e. The van der Waals surface area contributed by atoms with Crippen LogP contribution in [0.4, 0.5) is 10.9 Å². The third kappa shape index (κ3) is 2.72. The van der Waals surface area contributed by atoms with Crippen molar-refractivity contribution in [1.82, 2.24) is 20.2 Å². The predicted octanol–water partition coefficient (Wildman–Crippen LogP) is 1.74. The number of hydrogen-bond donors (Lipinski definition) is 0. The van der Waals surface area contributed by atoms with Gasteiger partial charge in [0.1, 0.15) is 17.7 Å². The van der Waals surface area contributed by atoms with E-state index in [1.807, 2.05) is 13.0 Å². The van der Waals surface area contributed by atoms with Gasteiger partial charge in [-0.3, -0.25) is 0 Å². The van der Waals surface area contributed by atoms with Crippen molar-refractivity contribution >= 4 is 22.3 Å². The van der Waals surface area contributed by atoms with Gasteiger partial charge in [-0.2, -0.15) is 0 Å². The topological polar surface area (TPSA) is 58.0 Å². The van der Waals surface area contributed by atoms with Crippen LogP contribution in [0.3, 0.4) is 0 Å². The maximum Gasteiger partial charge on any atom is 0.208 e. The van der Waals surface area contributed by atoms with Crippen LogP contribution in [0.25, 0.3) is 0 Å². The molecule has 0 aliphatic carbocycles. The summed E-state index contributed by atoms with van der Waals surface area (Å²) in [4.78, 5) is 13.1. The number of hydrogen-bond acceptors (Lipinski definition) is 7. The molecule has 2 aromatic rings. The summed E-state index contributed by atoms with van der Waals surface area (Å²) in [5.41, 5.74) is 2.80. The van der Waals surface area contributed by atoms with Gasteiger partial charge in [0.2, 0.25) is 5.13 Å². The van der Waals surface area contributed by atoms with E-state index in [1.54, 1.807) is 23.2 Å². The fourth-order valence-electron chi connectivity index (χ4n) is 2.57. The van der Waals surface area contributed by atoms with Gasteiger partial charge in [-0.15, -0.1) is 10.2 Å². The molecule has 7 heteroatoms. The van der Waals surface area contributed by atoms with Crippen LogP contribution in [-0.2, 0) is 0 Å². The van der Waals surface area contributed by atoms with Crippen molar-refractivity contribution in [3.05, 3.63) is 23.6 Å². The van der Waals surface area contributed by atoms with Crippen LogP contribution in [0.5, 0.6) is 0 Å². The van der Waals surface area contributed by atoms with E-state index >= 15 is 0 Å². The van der Waals surface area contributed by atoms with E-state index in [0.717, 1.165) is 42.6 Å². The second-order valence-corrected chi connectivity index (χ2v) is 5.88. The van der Waals surface area contributed by atoms with Gasteiger partial charge >= 0.3 is 0 Å². The van der Waals surface area contributed by atoms with E-state index in [-0.39, 0.29) is 0 Å². The fourth-order valence-corrected chi connectivity index (χ4v) is 3.18.